The number of pyridine rings is 1. The molecular formula is C46H56IrNO3-. The molecule has 1 aromatic heterocycles. The Kier molecular flexibility index (Phi) is 13.0. The molecule has 5 heteroatoms. The van der Waals surface area contributed by atoms with Crippen molar-refractivity contribution in [1.29, 1.82) is 0 Å². The van der Waals surface area contributed by atoms with Gasteiger partial charge in [-0.3, -0.25) is 9.78 Å². The van der Waals surface area contributed by atoms with Crippen LogP contribution in [0.15, 0.2) is 72.6 Å². The quantitative estimate of drug-likeness (QED) is 0.0645. The van der Waals surface area contributed by atoms with Gasteiger partial charge in [0.05, 0.1) is 5.75 Å². The summed E-state index contributed by atoms with van der Waals surface area (Å²) in [6, 6.07) is 23.3. The molecule has 2 heterocycles. The van der Waals surface area contributed by atoms with Crippen molar-refractivity contribution in [3.8, 4) is 22.8 Å². The van der Waals surface area contributed by atoms with Gasteiger partial charge in [-0.05, 0) is 83.7 Å². The van der Waals surface area contributed by atoms with Gasteiger partial charge in [0, 0.05) is 54.8 Å². The van der Waals surface area contributed by atoms with E-state index in [0.717, 1.165) is 72.1 Å². The number of carbonyl (C=O) groups is 1. The minimum Gasteiger partial charge on any atom is -0.512 e. The normalized spacial score (nSPS) is 12.8. The van der Waals surface area contributed by atoms with Crippen LogP contribution in [0, 0.1) is 28.7 Å². The minimum absolute atomic E-state index is 0. The largest absolute Gasteiger partial charge is 0.512 e. The van der Waals surface area contributed by atoms with E-state index in [2.05, 4.69) is 95.3 Å². The molecule has 1 radical (unpaired) electrons. The smallest absolute Gasteiger partial charge is 0.162 e. The van der Waals surface area contributed by atoms with E-state index in [4.69, 9.17) is 9.72 Å². The molecule has 0 fully saturated rings. The number of aromatic nitrogens is 1. The topological polar surface area (TPSA) is 59.4 Å². The van der Waals surface area contributed by atoms with E-state index < -0.39 is 0 Å². The Morgan fingerprint density at radius 2 is 1.57 bits per heavy atom. The van der Waals surface area contributed by atoms with Crippen LogP contribution in [0.1, 0.15) is 106 Å². The summed E-state index contributed by atoms with van der Waals surface area (Å²) in [5.41, 5.74) is 4.54. The minimum atomic E-state index is -0.248. The molecule has 0 unspecified atom stereocenters. The Morgan fingerprint density at radius 1 is 0.902 bits per heavy atom. The molecule has 4 nitrogen and oxygen atoms in total. The number of hydrogen-bond donors (Lipinski definition) is 1. The van der Waals surface area contributed by atoms with Crippen molar-refractivity contribution in [3.63, 3.8) is 0 Å². The molecule has 0 saturated heterocycles. The molecule has 51 heavy (non-hydrogen) atoms. The Bertz CT molecular complexity index is 2040. The Balaban J connectivity index is 0.000000294. The van der Waals surface area contributed by atoms with Gasteiger partial charge in [-0.1, -0.05) is 122 Å². The zero-order valence-electron chi connectivity index (χ0n) is 32.3. The maximum atomic E-state index is 11.9. The van der Waals surface area contributed by atoms with Gasteiger partial charge < -0.3 is 9.84 Å². The number of allylic oxidation sites excluding steroid dienone is 2. The first-order valence-corrected chi connectivity index (χ1v) is 18.7. The molecule has 0 atom stereocenters. The summed E-state index contributed by atoms with van der Waals surface area (Å²) in [5.74, 6) is 2.71. The molecular weight excluding hydrogens is 807 g/mol. The first kappa shape index (κ1) is 40.2. The second kappa shape index (κ2) is 16.4. The van der Waals surface area contributed by atoms with Crippen LogP contribution in [0.25, 0.3) is 43.6 Å². The van der Waals surface area contributed by atoms with Crippen LogP contribution < -0.4 is 4.74 Å². The average molecular weight is 863 g/mol. The van der Waals surface area contributed by atoms with Crippen LogP contribution in [0.2, 0.25) is 0 Å². The van der Waals surface area contributed by atoms with Crippen molar-refractivity contribution < 1.29 is 34.7 Å². The molecule has 0 amide bonds. The molecule has 1 N–H and O–H groups in total. The van der Waals surface area contributed by atoms with Crippen LogP contribution in [-0.2, 0) is 37.7 Å². The Hall–Kier alpha value is -3.53. The van der Waals surface area contributed by atoms with E-state index in [1.54, 1.807) is 0 Å². The molecule has 0 aliphatic carbocycles. The third kappa shape index (κ3) is 8.42. The SMILES string of the molecule is CC(C)Cc1c2c([c-]c3ccccc13)-c1nccc3c1c(cc1c(CC(C)(C)C)cccc13)O2.CCC(CC)C(=O)/C=C(\O)C(C)(CC)CC.[Ir]. The average Bonchev–Trinajstić information content (AvgIpc) is 3.08. The van der Waals surface area contributed by atoms with Gasteiger partial charge >= 0.3 is 0 Å². The van der Waals surface area contributed by atoms with E-state index in [1.165, 1.54) is 38.7 Å². The van der Waals surface area contributed by atoms with Gasteiger partial charge in [-0.2, -0.15) is 0 Å². The summed E-state index contributed by atoms with van der Waals surface area (Å²) in [5, 5.41) is 17.2. The maximum Gasteiger partial charge on any atom is 0.162 e. The molecule has 1 aliphatic heterocycles. The predicted molar refractivity (Wildman–Crippen MR) is 211 cm³/mol. The number of aliphatic hydroxyl groups excluding tert-OH is 1. The maximum absolute atomic E-state index is 11.9. The summed E-state index contributed by atoms with van der Waals surface area (Å²) in [6.45, 7) is 21.5. The van der Waals surface area contributed by atoms with Crippen LogP contribution in [0.5, 0.6) is 11.5 Å². The summed E-state index contributed by atoms with van der Waals surface area (Å²) < 4.78 is 6.81. The first-order valence-electron chi connectivity index (χ1n) is 18.7. The third-order valence-corrected chi connectivity index (χ3v) is 10.6. The molecule has 0 bridgehead atoms. The number of nitrogens with zero attached hydrogens (tertiary/aromatic N) is 1. The molecule has 6 rings (SSSR count). The second-order valence-corrected chi connectivity index (χ2v) is 16.0. The Labute approximate surface area is 319 Å². The van der Waals surface area contributed by atoms with Crippen molar-refractivity contribution >= 4 is 38.1 Å². The van der Waals surface area contributed by atoms with Crippen LogP contribution in [0.3, 0.4) is 0 Å². The number of rotatable bonds is 10. The second-order valence-electron chi connectivity index (χ2n) is 16.0. The van der Waals surface area contributed by atoms with Crippen LogP contribution in [0.4, 0.5) is 0 Å². The fourth-order valence-electron chi connectivity index (χ4n) is 7.20. The van der Waals surface area contributed by atoms with Crippen LogP contribution >= 0.6 is 0 Å². The first-order chi connectivity index (χ1) is 23.7. The summed E-state index contributed by atoms with van der Waals surface area (Å²) in [6.07, 6.45) is 8.74. The summed E-state index contributed by atoms with van der Waals surface area (Å²) in [7, 11) is 0. The van der Waals surface area contributed by atoms with Gasteiger partial charge in [-0.25, -0.2) is 0 Å². The van der Waals surface area contributed by atoms with Crippen molar-refractivity contribution in [3.05, 3.63) is 89.8 Å². The monoisotopic (exact) mass is 863 g/mol. The molecule has 5 aromatic rings. The van der Waals surface area contributed by atoms with Crippen molar-refractivity contribution in [2.75, 3.05) is 0 Å². The number of ether oxygens (including phenoxy) is 1. The molecule has 1 aliphatic rings. The number of fused-ring (bicyclic) bond motifs is 5. The van der Waals surface area contributed by atoms with Gasteiger partial charge in [0.25, 0.3) is 0 Å². The van der Waals surface area contributed by atoms with Gasteiger partial charge in [-0.15, -0.1) is 17.5 Å². The molecule has 273 valence electrons. The van der Waals surface area contributed by atoms with Gasteiger partial charge in [0.15, 0.2) is 5.78 Å². The van der Waals surface area contributed by atoms with E-state index in [9.17, 15) is 9.90 Å². The number of aliphatic hydroxyl groups is 1. The standard InChI is InChI=1S/C32H30NO.C14H26O2.Ir/c1-19(2)15-26-22-11-7-6-9-20(22)16-27-30-29-24(13-14-33-30)23-12-8-10-21(18-32(3,4)5)25(23)17-28(29)34-31(26)27;1-6-11(7-2)12(15)10-13(16)14(5,8-3)9-4;/h6-14,17,19H,15,18H2,1-5H3;10-11,16H,6-9H2,1-5H3;/q-1;;/b;13-10-;. The van der Waals surface area contributed by atoms with E-state index in [1.807, 2.05) is 40.8 Å². The number of carbonyl (C=O) groups excluding carboxylic acids is 1. The summed E-state index contributed by atoms with van der Waals surface area (Å²) >= 11 is 0. The zero-order chi connectivity index (χ0) is 36.4. The molecule has 0 spiro atoms. The van der Waals surface area contributed by atoms with Crippen molar-refractivity contribution in [2.45, 2.75) is 108 Å². The fraction of sp³-hybridized carbons (Fsp3) is 0.435. The predicted octanol–water partition coefficient (Wildman–Crippen LogP) is 13.2. The van der Waals surface area contributed by atoms with E-state index in [-0.39, 0.29) is 48.4 Å². The van der Waals surface area contributed by atoms with Crippen molar-refractivity contribution in [2.24, 2.45) is 22.7 Å². The molecule has 4 aromatic carbocycles. The number of benzene rings is 4. The van der Waals surface area contributed by atoms with Crippen molar-refractivity contribution in [1.82, 2.24) is 4.98 Å². The molecule has 0 saturated carbocycles. The number of hydrogen-bond acceptors (Lipinski definition) is 4. The zero-order valence-corrected chi connectivity index (χ0v) is 34.7. The van der Waals surface area contributed by atoms with E-state index in [0.29, 0.717) is 5.92 Å². The third-order valence-electron chi connectivity index (χ3n) is 10.6. The van der Waals surface area contributed by atoms with Crippen LogP contribution in [-0.4, -0.2) is 15.9 Å². The number of ketones is 1. The van der Waals surface area contributed by atoms with E-state index >= 15 is 0 Å². The Morgan fingerprint density at radius 3 is 2.20 bits per heavy atom. The van der Waals surface area contributed by atoms with Gasteiger partial charge in [0.1, 0.15) is 11.5 Å². The fourth-order valence-corrected chi connectivity index (χ4v) is 7.20. The summed E-state index contributed by atoms with van der Waals surface area (Å²) in [4.78, 5) is 16.7. The van der Waals surface area contributed by atoms with Gasteiger partial charge in [0.2, 0.25) is 0 Å².